The molecule has 0 aromatic heterocycles. The van der Waals surface area contributed by atoms with E-state index in [0.717, 1.165) is 10.8 Å². The van der Waals surface area contributed by atoms with Gasteiger partial charge in [-0.05, 0) is 0 Å². The second-order valence-electron chi connectivity index (χ2n) is 1.02. The van der Waals surface area contributed by atoms with E-state index < -0.39 is 6.03 Å². The van der Waals surface area contributed by atoms with Crippen molar-refractivity contribution in [2.75, 3.05) is 13.1 Å². The molecule has 0 heterocycles. The molecule has 10 nitrogen and oxygen atoms in total. The first-order valence-corrected chi connectivity index (χ1v) is 2.50. The van der Waals surface area contributed by atoms with Crippen LogP contribution < -0.4 is 5.48 Å². The zero-order chi connectivity index (χ0) is 10.4. The third-order valence-electron chi connectivity index (χ3n) is 0.227. The number of amides is 2. The first-order chi connectivity index (χ1) is 5.60. The Bertz CT molecular complexity index is 103. The van der Waals surface area contributed by atoms with E-state index in [2.05, 4.69) is 0 Å². The Hall–Kier alpha value is -0.802. The summed E-state index contributed by atoms with van der Waals surface area (Å²) < 4.78 is 0. The number of hydroxylamine groups is 1. The van der Waals surface area contributed by atoms with Crippen LogP contribution in [0.25, 0.3) is 17.2 Å². The van der Waals surface area contributed by atoms with Crippen LogP contribution in [0.1, 0.15) is 0 Å². The van der Waals surface area contributed by atoms with E-state index in [9.17, 15) is 0 Å². The maximum atomic E-state index is 9.12. The van der Waals surface area contributed by atoms with Crippen LogP contribution in [0.4, 0.5) is 4.79 Å². The molecule has 0 aliphatic rings. The molecular weight excluding hydrogens is 381 g/mol. The minimum atomic E-state index is -1.19. The largest absolute Gasteiger partial charge is 4.00 e. The second-order valence-corrected chi connectivity index (χ2v) is 1.02. The predicted octanol–water partition coefficient (Wildman–Crippen LogP) is 0.652. The van der Waals surface area contributed by atoms with E-state index in [1.165, 1.54) is 0 Å². The van der Waals surface area contributed by atoms with Crippen molar-refractivity contribution in [3.05, 3.63) is 27.3 Å². The van der Waals surface area contributed by atoms with Crippen molar-refractivity contribution in [1.29, 1.82) is 0 Å². The molecule has 0 aromatic rings. The summed E-state index contributed by atoms with van der Waals surface area (Å²) in [5.41, 5.74) is 19.4. The maximum Gasteiger partial charge on any atom is 4.00 e. The summed E-state index contributed by atoms with van der Waals surface area (Å²) in [6.45, 7) is 0.472. The van der Waals surface area contributed by atoms with Crippen LogP contribution in [0.3, 0.4) is 0 Å². The molecule has 0 aliphatic carbocycles. The van der Waals surface area contributed by atoms with E-state index in [4.69, 9.17) is 37.3 Å². The number of urea groups is 1. The SMILES string of the molecule is O.O=N[O-].[NH-]C(=O)NO.[NH-]CC[NH-].[Pt+4]. The van der Waals surface area contributed by atoms with Crippen molar-refractivity contribution in [3.63, 3.8) is 0 Å². The van der Waals surface area contributed by atoms with Gasteiger partial charge in [-0.1, -0.05) is 0 Å². The minimum Gasteiger partial charge on any atom is -0.679 e. The summed E-state index contributed by atoms with van der Waals surface area (Å²) in [5, 5.41) is 16.4. The molecule has 0 atom stereocenters. The normalized spacial score (nSPS) is 5.36. The van der Waals surface area contributed by atoms with Crippen LogP contribution in [0.5, 0.6) is 0 Å². The third kappa shape index (κ3) is 241. The van der Waals surface area contributed by atoms with Gasteiger partial charge in [-0.3, -0.25) is 4.79 Å². The van der Waals surface area contributed by atoms with Crippen molar-refractivity contribution in [2.45, 2.75) is 0 Å². The van der Waals surface area contributed by atoms with Gasteiger partial charge in [0, 0.05) is 0 Å². The van der Waals surface area contributed by atoms with Crippen molar-refractivity contribution in [3.8, 4) is 0 Å². The van der Waals surface area contributed by atoms with Gasteiger partial charge in [0.15, 0.2) is 6.03 Å². The van der Waals surface area contributed by atoms with Gasteiger partial charge in [0.2, 0.25) is 0 Å². The van der Waals surface area contributed by atoms with E-state index in [1.807, 2.05) is 0 Å². The summed E-state index contributed by atoms with van der Waals surface area (Å²) in [6, 6.07) is -1.19. The zero-order valence-corrected chi connectivity index (χ0v) is 9.12. The predicted molar refractivity (Wildman–Crippen MR) is 45.8 cm³/mol. The van der Waals surface area contributed by atoms with E-state index in [-0.39, 0.29) is 39.6 Å². The number of carbonyl (C=O) groups excluding carboxylic acids is 1. The van der Waals surface area contributed by atoms with Crippen molar-refractivity contribution in [2.24, 2.45) is 5.34 Å². The third-order valence-corrected chi connectivity index (χ3v) is 0.227. The van der Waals surface area contributed by atoms with E-state index in [0.29, 0.717) is 0 Å². The molecule has 0 saturated heterocycles. The zero-order valence-electron chi connectivity index (χ0n) is 6.85. The quantitative estimate of drug-likeness (QED) is 0.374. The number of carbonyl (C=O) groups is 1. The molecule has 0 aromatic carbocycles. The summed E-state index contributed by atoms with van der Waals surface area (Å²) in [4.78, 5) is 17.1. The van der Waals surface area contributed by atoms with Gasteiger partial charge in [0.25, 0.3) is 0 Å². The maximum absolute atomic E-state index is 9.12. The fourth-order valence-electron chi connectivity index (χ4n) is 0. The smallest absolute Gasteiger partial charge is 0.679 e. The molecule has 7 N–H and O–H groups in total. The Kier molecular flexibility index (Phi) is 83.1. The van der Waals surface area contributed by atoms with E-state index >= 15 is 0 Å². The molecule has 14 heavy (non-hydrogen) atoms. The molecule has 0 spiro atoms. The number of rotatable bonds is 1. The number of nitrogens with zero attached hydrogens (tertiary/aromatic N) is 1. The molecule has 0 saturated carbocycles. The van der Waals surface area contributed by atoms with Crippen LogP contribution in [-0.2, 0) is 21.1 Å². The number of hydrogen-bond acceptors (Lipinski definition) is 5. The van der Waals surface area contributed by atoms with Gasteiger partial charge in [-0.15, -0.1) is 5.34 Å². The second kappa shape index (κ2) is 39.8. The molecule has 0 radical (unpaired) electrons. The average molecular weight is 392 g/mol. The first-order valence-electron chi connectivity index (χ1n) is 2.50. The monoisotopic (exact) mass is 392 g/mol. The minimum absolute atomic E-state index is 0. The molecule has 0 bridgehead atoms. The molecule has 88 valence electrons. The Morgan fingerprint density at radius 2 is 1.57 bits per heavy atom. The van der Waals surface area contributed by atoms with Crippen molar-refractivity contribution < 1.29 is 36.5 Å². The summed E-state index contributed by atoms with van der Waals surface area (Å²) in [5.74, 6) is 0. The topological polar surface area (TPSA) is 205 Å². The number of hydrogen-bond donors (Lipinski definition) is 2. The molecular formula is C3H11N5O5Pt. The van der Waals surface area contributed by atoms with Gasteiger partial charge in [-0.2, -0.15) is 13.1 Å². The fraction of sp³-hybridized carbons (Fsp3) is 0.667. The fourth-order valence-corrected chi connectivity index (χ4v) is 0. The molecule has 0 rings (SSSR count). The van der Waals surface area contributed by atoms with Crippen molar-refractivity contribution >= 4 is 6.03 Å². The van der Waals surface area contributed by atoms with Crippen LogP contribution in [0.2, 0.25) is 0 Å². The Morgan fingerprint density at radius 1 is 1.43 bits per heavy atom. The van der Waals surface area contributed by atoms with Gasteiger partial charge in [0.1, 0.15) is 0 Å². The van der Waals surface area contributed by atoms with Crippen LogP contribution in [0, 0.1) is 10.1 Å². The summed E-state index contributed by atoms with van der Waals surface area (Å²) in [6.07, 6.45) is 0. The van der Waals surface area contributed by atoms with Gasteiger partial charge in [-0.25, -0.2) is 0 Å². The average Bonchev–Trinajstić information content (AvgIpc) is 2.06. The standard InChI is InChI=1S/C2H6N2.CH4N2O2.HNO2.H2O.Pt/c3-1-2-4;2-1(4)3-5;2-1-3;;/h3-4H,1-2H2;(H4,2,3,4,5);(H,2,3);1H2;/q-2;;;;+4/p-2. The summed E-state index contributed by atoms with van der Waals surface area (Å²) in [7, 11) is 0. The molecule has 0 unspecified atom stereocenters. The Balaban J connectivity index is -0.0000000278. The van der Waals surface area contributed by atoms with Crippen molar-refractivity contribution in [1.82, 2.24) is 5.48 Å². The molecule has 0 fully saturated rings. The summed E-state index contributed by atoms with van der Waals surface area (Å²) >= 11 is 0. The number of nitrogens with one attached hydrogen (secondary N) is 4. The van der Waals surface area contributed by atoms with Gasteiger partial charge in [0.05, 0.1) is 0 Å². The molecule has 2 amide bonds. The Labute approximate surface area is 94.3 Å². The first kappa shape index (κ1) is 29.2. The van der Waals surface area contributed by atoms with E-state index in [1.54, 1.807) is 0 Å². The Morgan fingerprint density at radius 3 is 1.57 bits per heavy atom. The van der Waals surface area contributed by atoms with Gasteiger partial charge < -0.3 is 43.5 Å². The molecule has 11 heteroatoms. The molecule has 0 aliphatic heterocycles. The van der Waals surface area contributed by atoms with Crippen LogP contribution in [0.15, 0.2) is 5.34 Å². The van der Waals surface area contributed by atoms with Crippen LogP contribution in [-0.4, -0.2) is 29.8 Å². The van der Waals surface area contributed by atoms with Gasteiger partial charge >= 0.3 is 21.1 Å². The van der Waals surface area contributed by atoms with Crippen LogP contribution >= 0.6 is 0 Å².